The van der Waals surface area contributed by atoms with Crippen LogP contribution in [0.3, 0.4) is 0 Å². The lowest BCUT2D eigenvalue weighted by molar-refractivity contribution is -0.125. The normalized spacial score (nSPS) is 14.1. The van der Waals surface area contributed by atoms with Gasteiger partial charge in [0.15, 0.2) is 0 Å². The predicted octanol–water partition coefficient (Wildman–Crippen LogP) is 0.780. The number of amides is 1. The Morgan fingerprint density at radius 1 is 1.64 bits per heavy atom. The predicted molar refractivity (Wildman–Crippen MR) is 55.3 cm³/mol. The molecule has 80 valence electrons. The number of carbonyl (C=O) groups is 1. The van der Waals surface area contributed by atoms with E-state index in [1.807, 2.05) is 19.9 Å². The number of nitrogens with zero attached hydrogens (tertiary/aromatic N) is 1. The number of rotatable bonds is 6. The number of nitrogens with two attached hydrogens (primary N) is 1. The first-order valence-electron chi connectivity index (χ1n) is 5.03. The second-order valence-corrected chi connectivity index (χ2v) is 3.49. The van der Waals surface area contributed by atoms with Crippen molar-refractivity contribution in [2.24, 2.45) is 11.7 Å². The van der Waals surface area contributed by atoms with Crippen LogP contribution in [0.15, 0.2) is 0 Å². The molecule has 0 heterocycles. The molecule has 1 amide bonds. The van der Waals surface area contributed by atoms with E-state index in [1.165, 1.54) is 0 Å². The fraction of sp³-hybridized carbons (Fsp3) is 0.800. The summed E-state index contributed by atoms with van der Waals surface area (Å²) >= 11 is 0. The number of carbonyl (C=O) groups excluding carboxylic acids is 1. The summed E-state index contributed by atoms with van der Waals surface area (Å²) in [5.74, 6) is -0.141. The standard InChI is InChI=1S/C10H19N3O/c1-3-4-9(7-12)10(14)13-8(2)5-6-11/h8-9H,3-5,7,12H2,1-2H3,(H,13,14). The molecule has 0 spiro atoms. The Morgan fingerprint density at radius 3 is 2.71 bits per heavy atom. The first-order chi connectivity index (χ1) is 6.65. The van der Waals surface area contributed by atoms with Crippen molar-refractivity contribution < 1.29 is 4.79 Å². The van der Waals surface area contributed by atoms with Crippen LogP contribution in [0.4, 0.5) is 0 Å². The Morgan fingerprint density at radius 2 is 2.29 bits per heavy atom. The molecule has 0 saturated heterocycles. The lowest BCUT2D eigenvalue weighted by Crippen LogP contribution is -2.39. The van der Waals surface area contributed by atoms with E-state index in [1.54, 1.807) is 0 Å². The highest BCUT2D eigenvalue weighted by atomic mass is 16.1. The molecule has 0 aromatic heterocycles. The van der Waals surface area contributed by atoms with Gasteiger partial charge in [-0.15, -0.1) is 0 Å². The van der Waals surface area contributed by atoms with Crippen molar-refractivity contribution in [3.8, 4) is 6.07 Å². The van der Waals surface area contributed by atoms with Gasteiger partial charge in [-0.2, -0.15) is 5.26 Å². The Labute approximate surface area is 85.5 Å². The molecule has 0 saturated carbocycles. The fourth-order valence-electron chi connectivity index (χ4n) is 1.25. The van der Waals surface area contributed by atoms with Gasteiger partial charge >= 0.3 is 0 Å². The molecule has 2 atom stereocenters. The third-order valence-corrected chi connectivity index (χ3v) is 2.08. The van der Waals surface area contributed by atoms with Gasteiger partial charge in [-0.3, -0.25) is 4.79 Å². The minimum Gasteiger partial charge on any atom is -0.352 e. The number of hydrogen-bond acceptors (Lipinski definition) is 3. The van der Waals surface area contributed by atoms with Crippen LogP contribution in [-0.4, -0.2) is 18.5 Å². The average Bonchev–Trinajstić information content (AvgIpc) is 2.14. The molecule has 0 aliphatic carbocycles. The molecule has 4 nitrogen and oxygen atoms in total. The first kappa shape index (κ1) is 12.9. The molecule has 0 aromatic rings. The zero-order valence-electron chi connectivity index (χ0n) is 8.92. The van der Waals surface area contributed by atoms with E-state index in [-0.39, 0.29) is 17.9 Å². The monoisotopic (exact) mass is 197 g/mol. The lowest BCUT2D eigenvalue weighted by atomic mass is 10.0. The maximum atomic E-state index is 11.5. The van der Waals surface area contributed by atoms with E-state index < -0.39 is 0 Å². The van der Waals surface area contributed by atoms with Gasteiger partial charge in [0.2, 0.25) is 5.91 Å². The molecular formula is C10H19N3O. The van der Waals surface area contributed by atoms with Crippen molar-refractivity contribution in [2.75, 3.05) is 6.54 Å². The molecule has 0 radical (unpaired) electrons. The van der Waals surface area contributed by atoms with Gasteiger partial charge in [-0.1, -0.05) is 13.3 Å². The van der Waals surface area contributed by atoms with E-state index >= 15 is 0 Å². The summed E-state index contributed by atoms with van der Waals surface area (Å²) in [6.45, 7) is 4.22. The Kier molecular flexibility index (Phi) is 6.77. The van der Waals surface area contributed by atoms with Crippen LogP contribution >= 0.6 is 0 Å². The van der Waals surface area contributed by atoms with Crippen molar-refractivity contribution in [3.05, 3.63) is 0 Å². The van der Waals surface area contributed by atoms with Crippen LogP contribution in [0.5, 0.6) is 0 Å². The third-order valence-electron chi connectivity index (χ3n) is 2.08. The quantitative estimate of drug-likeness (QED) is 0.660. The molecule has 0 rings (SSSR count). The molecule has 0 aliphatic heterocycles. The lowest BCUT2D eigenvalue weighted by Gasteiger charge is -2.16. The third kappa shape index (κ3) is 4.83. The van der Waals surface area contributed by atoms with E-state index in [0.717, 1.165) is 12.8 Å². The van der Waals surface area contributed by atoms with E-state index in [0.29, 0.717) is 13.0 Å². The molecule has 0 fully saturated rings. The van der Waals surface area contributed by atoms with Crippen molar-refractivity contribution in [3.63, 3.8) is 0 Å². The summed E-state index contributed by atoms with van der Waals surface area (Å²) in [4.78, 5) is 11.5. The second kappa shape index (κ2) is 7.34. The molecule has 4 heteroatoms. The van der Waals surface area contributed by atoms with Crippen LogP contribution in [0.1, 0.15) is 33.1 Å². The first-order valence-corrected chi connectivity index (χ1v) is 5.03. The van der Waals surface area contributed by atoms with Crippen LogP contribution in [0.2, 0.25) is 0 Å². The summed E-state index contributed by atoms with van der Waals surface area (Å²) in [5.41, 5.74) is 5.48. The largest absolute Gasteiger partial charge is 0.352 e. The zero-order chi connectivity index (χ0) is 11.0. The fourth-order valence-corrected chi connectivity index (χ4v) is 1.25. The summed E-state index contributed by atoms with van der Waals surface area (Å²) in [6.07, 6.45) is 2.10. The van der Waals surface area contributed by atoms with Gasteiger partial charge in [0.05, 0.1) is 18.4 Å². The summed E-state index contributed by atoms with van der Waals surface area (Å²) in [7, 11) is 0. The summed E-state index contributed by atoms with van der Waals surface area (Å²) in [5, 5.41) is 11.2. The van der Waals surface area contributed by atoms with E-state index in [2.05, 4.69) is 5.32 Å². The van der Waals surface area contributed by atoms with Crippen molar-refractivity contribution >= 4 is 5.91 Å². The highest BCUT2D eigenvalue weighted by molar-refractivity contribution is 5.79. The summed E-state index contributed by atoms with van der Waals surface area (Å²) < 4.78 is 0. The SMILES string of the molecule is CCCC(CN)C(=O)NC(C)CC#N. The van der Waals surface area contributed by atoms with Crippen LogP contribution in [-0.2, 0) is 4.79 Å². The average molecular weight is 197 g/mol. The zero-order valence-corrected chi connectivity index (χ0v) is 8.92. The molecule has 3 N–H and O–H groups in total. The Bertz CT molecular complexity index is 210. The van der Waals surface area contributed by atoms with E-state index in [4.69, 9.17) is 11.0 Å². The molecular weight excluding hydrogens is 178 g/mol. The number of hydrogen-bond donors (Lipinski definition) is 2. The molecule has 2 unspecified atom stereocenters. The maximum absolute atomic E-state index is 11.5. The van der Waals surface area contributed by atoms with Crippen LogP contribution in [0, 0.1) is 17.2 Å². The highest BCUT2D eigenvalue weighted by Crippen LogP contribution is 2.05. The van der Waals surface area contributed by atoms with Gasteiger partial charge in [0, 0.05) is 12.6 Å². The molecule has 0 bridgehead atoms. The number of nitrogens with one attached hydrogen (secondary N) is 1. The second-order valence-electron chi connectivity index (χ2n) is 3.49. The van der Waals surface area contributed by atoms with Gasteiger partial charge < -0.3 is 11.1 Å². The highest BCUT2D eigenvalue weighted by Gasteiger charge is 2.17. The van der Waals surface area contributed by atoms with Crippen molar-refractivity contribution in [1.29, 1.82) is 5.26 Å². The molecule has 14 heavy (non-hydrogen) atoms. The van der Waals surface area contributed by atoms with Gasteiger partial charge in [0.1, 0.15) is 0 Å². The van der Waals surface area contributed by atoms with Gasteiger partial charge in [-0.25, -0.2) is 0 Å². The van der Waals surface area contributed by atoms with Crippen molar-refractivity contribution in [1.82, 2.24) is 5.32 Å². The molecule has 0 aromatic carbocycles. The Balaban J connectivity index is 3.98. The minimum atomic E-state index is -0.110. The van der Waals surface area contributed by atoms with Crippen LogP contribution in [0.25, 0.3) is 0 Å². The van der Waals surface area contributed by atoms with Gasteiger partial charge in [0.25, 0.3) is 0 Å². The minimum absolute atomic E-state index is 0.0305. The summed E-state index contributed by atoms with van der Waals surface area (Å²) in [6, 6.07) is 1.93. The van der Waals surface area contributed by atoms with E-state index in [9.17, 15) is 4.79 Å². The van der Waals surface area contributed by atoms with Crippen LogP contribution < -0.4 is 11.1 Å². The Hall–Kier alpha value is -1.08. The van der Waals surface area contributed by atoms with Crippen molar-refractivity contribution in [2.45, 2.75) is 39.2 Å². The maximum Gasteiger partial charge on any atom is 0.224 e. The number of nitriles is 1. The van der Waals surface area contributed by atoms with Gasteiger partial charge in [-0.05, 0) is 13.3 Å². The topological polar surface area (TPSA) is 78.9 Å². The smallest absolute Gasteiger partial charge is 0.224 e. The molecule has 0 aliphatic rings.